The summed E-state index contributed by atoms with van der Waals surface area (Å²) < 4.78 is 7.47. The number of hydrogen-bond donors (Lipinski definition) is 4. The molecule has 0 fully saturated rings. The molecule has 14 heteroatoms. The molecule has 0 spiro atoms. The average molecular weight is 592 g/mol. The summed E-state index contributed by atoms with van der Waals surface area (Å²) in [4.78, 5) is 42.5. The van der Waals surface area contributed by atoms with E-state index in [1.165, 1.54) is 15.2 Å². The molecule has 0 saturated carbocycles. The molecule has 208 valence electrons. The van der Waals surface area contributed by atoms with E-state index in [4.69, 9.17) is 28.9 Å². The van der Waals surface area contributed by atoms with Crippen LogP contribution >= 0.6 is 24.4 Å². The molecule has 0 unspecified atom stereocenters. The van der Waals surface area contributed by atoms with Gasteiger partial charge in [-0.1, -0.05) is 24.3 Å². The maximum Gasteiger partial charge on any atom is 0.433 e. The van der Waals surface area contributed by atoms with Crippen molar-refractivity contribution >= 4 is 30.3 Å². The highest BCUT2D eigenvalue weighted by atomic mass is 32.1. The first-order valence-corrected chi connectivity index (χ1v) is 12.8. The summed E-state index contributed by atoms with van der Waals surface area (Å²) in [5.74, 6) is -3.95. The molecule has 0 radical (unpaired) electrons. The van der Waals surface area contributed by atoms with E-state index in [1.807, 2.05) is 26.0 Å². The van der Waals surface area contributed by atoms with Crippen LogP contribution in [0.15, 0.2) is 74.7 Å². The maximum absolute atomic E-state index is 13.4. The SMILES string of the molecule is Cc1cccc(-n2c(O)c(C(c3ccc([N+](=O)[O-])o3)c3c(O)n(-c4cccc(C)c4)c(=S)[nH]c3=O)c(=O)[nH]c2=S)c1. The molecule has 0 aliphatic carbocycles. The molecule has 2 aromatic carbocycles. The van der Waals surface area contributed by atoms with Gasteiger partial charge in [-0.05, 0) is 79.7 Å². The van der Waals surface area contributed by atoms with E-state index in [0.717, 1.165) is 17.2 Å². The normalized spacial score (nSPS) is 11.2. The molecular formula is C27H21N5O7S2. The van der Waals surface area contributed by atoms with Crippen molar-refractivity contribution in [3.8, 4) is 23.1 Å². The number of nitro groups is 1. The number of nitrogens with one attached hydrogen (secondary N) is 2. The van der Waals surface area contributed by atoms with Crippen molar-refractivity contribution < 1.29 is 19.6 Å². The molecule has 41 heavy (non-hydrogen) atoms. The minimum atomic E-state index is -1.64. The number of H-pyrrole nitrogens is 2. The molecule has 12 nitrogen and oxygen atoms in total. The fourth-order valence-corrected chi connectivity index (χ4v) is 5.20. The predicted molar refractivity (Wildman–Crippen MR) is 154 cm³/mol. The van der Waals surface area contributed by atoms with E-state index < -0.39 is 50.7 Å². The maximum atomic E-state index is 13.4. The molecule has 3 heterocycles. The van der Waals surface area contributed by atoms with Crippen LogP contribution < -0.4 is 11.1 Å². The van der Waals surface area contributed by atoms with Gasteiger partial charge in [0.25, 0.3) is 11.1 Å². The zero-order valence-corrected chi connectivity index (χ0v) is 23.1. The first-order chi connectivity index (χ1) is 19.5. The molecular weight excluding hydrogens is 570 g/mol. The number of aromatic nitrogens is 4. The van der Waals surface area contributed by atoms with E-state index in [9.17, 15) is 29.9 Å². The van der Waals surface area contributed by atoms with Crippen molar-refractivity contribution in [1.29, 1.82) is 0 Å². The Balaban J connectivity index is 1.90. The van der Waals surface area contributed by atoms with E-state index in [0.29, 0.717) is 11.4 Å². The Labute approximate surface area is 240 Å². The fraction of sp³-hybridized carbons (Fsp3) is 0.111. The lowest BCUT2D eigenvalue weighted by atomic mass is 9.91. The molecule has 0 saturated heterocycles. The molecule has 5 rings (SSSR count). The number of rotatable bonds is 6. The third-order valence-electron chi connectivity index (χ3n) is 6.42. The molecule has 4 N–H and O–H groups in total. The van der Waals surface area contributed by atoms with Crippen LogP contribution in [0.5, 0.6) is 11.8 Å². The highest BCUT2D eigenvalue weighted by molar-refractivity contribution is 7.71. The van der Waals surface area contributed by atoms with Gasteiger partial charge in [0.1, 0.15) is 10.7 Å². The number of benzene rings is 2. The molecule has 0 atom stereocenters. The molecule has 0 aliphatic heterocycles. The summed E-state index contributed by atoms with van der Waals surface area (Å²) in [5.41, 5.74) is -0.317. The van der Waals surface area contributed by atoms with Crippen LogP contribution in [0.1, 0.15) is 33.9 Å². The van der Waals surface area contributed by atoms with Crippen LogP contribution in [0.2, 0.25) is 0 Å². The van der Waals surface area contributed by atoms with Gasteiger partial charge in [0.2, 0.25) is 11.8 Å². The van der Waals surface area contributed by atoms with E-state index in [1.54, 1.807) is 36.4 Å². The number of furan rings is 1. The van der Waals surface area contributed by atoms with Gasteiger partial charge < -0.3 is 14.6 Å². The lowest BCUT2D eigenvalue weighted by molar-refractivity contribution is -0.402. The average Bonchev–Trinajstić information content (AvgIpc) is 3.38. The van der Waals surface area contributed by atoms with Gasteiger partial charge in [-0.2, -0.15) is 0 Å². The van der Waals surface area contributed by atoms with Crippen molar-refractivity contribution in [3.63, 3.8) is 0 Å². The van der Waals surface area contributed by atoms with Crippen molar-refractivity contribution in [3.05, 3.63) is 129 Å². The zero-order valence-electron chi connectivity index (χ0n) is 21.4. The predicted octanol–water partition coefficient (Wildman–Crippen LogP) is 4.81. The number of nitrogens with zero attached hydrogens (tertiary/aromatic N) is 3. The Morgan fingerprint density at radius 2 is 1.29 bits per heavy atom. The van der Waals surface area contributed by atoms with Crippen LogP contribution in [0.3, 0.4) is 0 Å². The number of aromatic hydroxyl groups is 2. The van der Waals surface area contributed by atoms with Crippen LogP contribution in [0.4, 0.5) is 5.88 Å². The summed E-state index contributed by atoms with van der Waals surface area (Å²) in [6.45, 7) is 3.64. The van der Waals surface area contributed by atoms with Gasteiger partial charge in [-0.15, -0.1) is 0 Å². The van der Waals surface area contributed by atoms with Crippen molar-refractivity contribution in [2.75, 3.05) is 0 Å². The second kappa shape index (κ2) is 10.5. The van der Waals surface area contributed by atoms with Gasteiger partial charge >= 0.3 is 5.88 Å². The Morgan fingerprint density at radius 3 is 1.68 bits per heavy atom. The molecule has 5 aromatic rings. The Kier molecular flexibility index (Phi) is 7.02. The van der Waals surface area contributed by atoms with Crippen molar-refractivity contribution in [1.82, 2.24) is 19.1 Å². The summed E-state index contributed by atoms with van der Waals surface area (Å²) in [5, 5.41) is 34.5. The zero-order chi connectivity index (χ0) is 29.6. The lowest BCUT2D eigenvalue weighted by Gasteiger charge is -2.21. The smallest absolute Gasteiger partial charge is 0.433 e. The first kappa shape index (κ1) is 27.5. The van der Waals surface area contributed by atoms with Gasteiger partial charge in [0.05, 0.1) is 34.5 Å². The van der Waals surface area contributed by atoms with Crippen LogP contribution in [0, 0.1) is 33.5 Å². The summed E-state index contributed by atoms with van der Waals surface area (Å²) in [6.07, 6.45) is 0. The number of aromatic amines is 2. The summed E-state index contributed by atoms with van der Waals surface area (Å²) in [6, 6.07) is 16.0. The third kappa shape index (κ3) is 4.90. The van der Waals surface area contributed by atoms with E-state index in [2.05, 4.69) is 9.97 Å². The fourth-order valence-electron chi connectivity index (χ4n) is 4.63. The van der Waals surface area contributed by atoms with Gasteiger partial charge in [-0.25, -0.2) is 0 Å². The third-order valence-corrected chi connectivity index (χ3v) is 6.99. The second-order valence-corrected chi connectivity index (χ2v) is 9.98. The number of aryl methyl sites for hydroxylation is 2. The largest absolute Gasteiger partial charge is 0.494 e. The minimum absolute atomic E-state index is 0.153. The van der Waals surface area contributed by atoms with Gasteiger partial charge in [0, 0.05) is 0 Å². The van der Waals surface area contributed by atoms with E-state index in [-0.39, 0.29) is 15.3 Å². The topological polar surface area (TPSA) is 172 Å². The van der Waals surface area contributed by atoms with Gasteiger partial charge in [-0.3, -0.25) is 38.8 Å². The molecule has 0 aliphatic rings. The molecule has 3 aromatic heterocycles. The number of hydrogen-bond acceptors (Lipinski definition) is 9. The summed E-state index contributed by atoms with van der Waals surface area (Å²) in [7, 11) is 0. The van der Waals surface area contributed by atoms with E-state index >= 15 is 0 Å². The Hall–Kier alpha value is -5.08. The minimum Gasteiger partial charge on any atom is -0.494 e. The highest BCUT2D eigenvalue weighted by Gasteiger charge is 2.35. The van der Waals surface area contributed by atoms with Gasteiger partial charge in [0.15, 0.2) is 9.54 Å². The summed E-state index contributed by atoms with van der Waals surface area (Å²) >= 11 is 10.7. The Bertz CT molecular complexity index is 1960. The first-order valence-electron chi connectivity index (χ1n) is 12.0. The van der Waals surface area contributed by atoms with Crippen LogP contribution in [-0.4, -0.2) is 34.2 Å². The molecule has 0 amide bonds. The quantitative estimate of drug-likeness (QED) is 0.123. The monoisotopic (exact) mass is 591 g/mol. The second-order valence-electron chi connectivity index (χ2n) is 9.21. The standard InChI is InChI=1S/C27H21N5O7S2/c1-13-5-3-7-15(11-13)30-24(35)20(22(33)28-26(30)40)19(17-9-10-18(39-17)32(37)38)21-23(34)29-27(41)31(25(21)36)16-8-4-6-14(2)12-16/h3-12,19,35-36H,1-2H3,(H,28,33,40)(H,29,34,41). The molecule has 0 bridgehead atoms. The Morgan fingerprint density at radius 1 is 0.829 bits per heavy atom. The van der Waals surface area contributed by atoms with Crippen LogP contribution in [0.25, 0.3) is 11.4 Å². The lowest BCUT2D eigenvalue weighted by Crippen LogP contribution is -2.27. The van der Waals surface area contributed by atoms with Crippen molar-refractivity contribution in [2.24, 2.45) is 0 Å². The van der Waals surface area contributed by atoms with Crippen LogP contribution in [-0.2, 0) is 0 Å². The van der Waals surface area contributed by atoms with Crippen molar-refractivity contribution in [2.45, 2.75) is 19.8 Å². The highest BCUT2D eigenvalue weighted by Crippen LogP contribution is 2.40.